The number of nitrogens with one attached hydrogen (secondary N) is 2. The molecule has 2 saturated carbocycles. The van der Waals surface area contributed by atoms with Crippen molar-refractivity contribution in [2.24, 2.45) is 5.92 Å². The van der Waals surface area contributed by atoms with Gasteiger partial charge in [-0.15, -0.1) is 0 Å². The van der Waals surface area contributed by atoms with E-state index in [1.807, 2.05) is 0 Å². The molecule has 3 fully saturated rings. The Labute approximate surface area is 116 Å². The van der Waals surface area contributed by atoms with Crippen LogP contribution in [0, 0.1) is 5.92 Å². The van der Waals surface area contributed by atoms with Crippen LogP contribution in [0.4, 0.5) is 0 Å². The zero-order chi connectivity index (χ0) is 13.1. The van der Waals surface area contributed by atoms with Crippen LogP contribution in [0.15, 0.2) is 0 Å². The quantitative estimate of drug-likeness (QED) is 0.823. The molecule has 3 heteroatoms. The smallest absolute Gasteiger partial charge is 0.220 e. The van der Waals surface area contributed by atoms with Crippen molar-refractivity contribution in [2.75, 3.05) is 6.54 Å². The van der Waals surface area contributed by atoms with Crippen molar-refractivity contribution >= 4 is 5.91 Å². The second-order valence-corrected chi connectivity index (χ2v) is 7.03. The molecule has 0 bridgehead atoms. The van der Waals surface area contributed by atoms with Gasteiger partial charge in [-0.05, 0) is 57.4 Å². The number of carbonyl (C=O) groups excluding carboxylic acids is 1. The molecule has 0 radical (unpaired) electrons. The van der Waals surface area contributed by atoms with Crippen molar-refractivity contribution in [1.82, 2.24) is 10.6 Å². The van der Waals surface area contributed by atoms with Crippen LogP contribution in [0.2, 0.25) is 0 Å². The standard InChI is InChI=1S/C16H28N2O/c19-15(11-13-5-2-1-3-6-13)18-14-7-10-17-16(12-14)8-4-9-16/h13-14,17H,1-12H2,(H,18,19). The summed E-state index contributed by atoms with van der Waals surface area (Å²) in [5, 5.41) is 6.98. The number of carbonyl (C=O) groups is 1. The van der Waals surface area contributed by atoms with Crippen LogP contribution in [-0.4, -0.2) is 24.0 Å². The van der Waals surface area contributed by atoms with Crippen LogP contribution in [0.1, 0.15) is 70.6 Å². The van der Waals surface area contributed by atoms with E-state index in [0.717, 1.165) is 25.8 Å². The first-order valence-electron chi connectivity index (χ1n) is 8.30. The third kappa shape index (κ3) is 3.31. The van der Waals surface area contributed by atoms with Crippen LogP contribution < -0.4 is 10.6 Å². The summed E-state index contributed by atoms with van der Waals surface area (Å²) in [5.41, 5.74) is 0.390. The highest BCUT2D eigenvalue weighted by molar-refractivity contribution is 5.76. The highest BCUT2D eigenvalue weighted by Gasteiger charge is 2.41. The minimum Gasteiger partial charge on any atom is -0.353 e. The molecule has 0 aromatic carbocycles. The Morgan fingerprint density at radius 3 is 2.58 bits per heavy atom. The molecule has 1 saturated heterocycles. The van der Waals surface area contributed by atoms with Gasteiger partial charge in [0, 0.05) is 18.0 Å². The fraction of sp³-hybridized carbons (Fsp3) is 0.938. The number of hydrogen-bond donors (Lipinski definition) is 2. The average Bonchev–Trinajstić information content (AvgIpc) is 2.38. The van der Waals surface area contributed by atoms with E-state index < -0.39 is 0 Å². The Hall–Kier alpha value is -0.570. The van der Waals surface area contributed by atoms with Crippen LogP contribution in [0.5, 0.6) is 0 Å². The van der Waals surface area contributed by atoms with E-state index in [-0.39, 0.29) is 0 Å². The van der Waals surface area contributed by atoms with Gasteiger partial charge in [0.05, 0.1) is 0 Å². The van der Waals surface area contributed by atoms with Crippen LogP contribution in [-0.2, 0) is 4.79 Å². The predicted molar refractivity (Wildman–Crippen MR) is 76.9 cm³/mol. The van der Waals surface area contributed by atoms with Gasteiger partial charge in [0.2, 0.25) is 5.91 Å². The number of piperidine rings is 1. The van der Waals surface area contributed by atoms with Gasteiger partial charge < -0.3 is 10.6 Å². The Balaban J connectivity index is 1.43. The first-order chi connectivity index (χ1) is 9.26. The van der Waals surface area contributed by atoms with Crippen LogP contribution in [0.3, 0.4) is 0 Å². The topological polar surface area (TPSA) is 41.1 Å². The van der Waals surface area contributed by atoms with Crippen LogP contribution in [0.25, 0.3) is 0 Å². The summed E-state index contributed by atoms with van der Waals surface area (Å²) >= 11 is 0. The van der Waals surface area contributed by atoms with Gasteiger partial charge in [-0.1, -0.05) is 19.3 Å². The summed E-state index contributed by atoms with van der Waals surface area (Å²) in [6.07, 6.45) is 13.6. The van der Waals surface area contributed by atoms with Gasteiger partial charge >= 0.3 is 0 Å². The van der Waals surface area contributed by atoms with Gasteiger partial charge in [0.25, 0.3) is 0 Å². The van der Waals surface area contributed by atoms with Gasteiger partial charge in [-0.25, -0.2) is 0 Å². The largest absolute Gasteiger partial charge is 0.353 e. The first-order valence-corrected chi connectivity index (χ1v) is 8.30. The molecule has 1 atom stereocenters. The molecule has 1 spiro atoms. The van der Waals surface area contributed by atoms with E-state index in [4.69, 9.17) is 0 Å². The summed E-state index contributed by atoms with van der Waals surface area (Å²) in [5.74, 6) is 0.974. The van der Waals surface area contributed by atoms with Crippen molar-refractivity contribution in [2.45, 2.75) is 82.2 Å². The van der Waals surface area contributed by atoms with Gasteiger partial charge in [-0.2, -0.15) is 0 Å². The number of amides is 1. The molecule has 2 aliphatic carbocycles. The first kappa shape index (κ1) is 13.4. The second-order valence-electron chi connectivity index (χ2n) is 7.03. The molecule has 3 rings (SSSR count). The van der Waals surface area contributed by atoms with Crippen molar-refractivity contribution in [1.29, 1.82) is 0 Å². The van der Waals surface area contributed by atoms with E-state index in [1.165, 1.54) is 51.4 Å². The van der Waals surface area contributed by atoms with Gasteiger partial charge in [0.15, 0.2) is 0 Å². The van der Waals surface area contributed by atoms with Gasteiger partial charge in [0.1, 0.15) is 0 Å². The van der Waals surface area contributed by atoms with E-state index in [9.17, 15) is 4.79 Å². The molecule has 1 unspecified atom stereocenters. The SMILES string of the molecule is O=C(CC1CCCCC1)NC1CCNC2(CCC2)C1. The predicted octanol–water partition coefficient (Wildman–Crippen LogP) is 2.75. The summed E-state index contributed by atoms with van der Waals surface area (Å²) < 4.78 is 0. The van der Waals surface area contributed by atoms with Crippen molar-refractivity contribution < 1.29 is 4.79 Å². The molecule has 1 amide bonds. The van der Waals surface area contributed by atoms with Crippen molar-refractivity contribution in [3.05, 3.63) is 0 Å². The highest BCUT2D eigenvalue weighted by atomic mass is 16.1. The molecule has 2 N–H and O–H groups in total. The Bertz CT molecular complexity index is 319. The Morgan fingerprint density at radius 2 is 1.89 bits per heavy atom. The number of rotatable bonds is 3. The van der Waals surface area contributed by atoms with Crippen LogP contribution >= 0.6 is 0 Å². The van der Waals surface area contributed by atoms with Crippen molar-refractivity contribution in [3.63, 3.8) is 0 Å². The highest BCUT2D eigenvalue weighted by Crippen LogP contribution is 2.38. The van der Waals surface area contributed by atoms with Crippen molar-refractivity contribution in [3.8, 4) is 0 Å². The lowest BCUT2D eigenvalue weighted by Crippen LogP contribution is -2.59. The fourth-order valence-electron chi connectivity index (χ4n) is 4.21. The third-order valence-electron chi connectivity index (χ3n) is 5.50. The minimum absolute atomic E-state index is 0.313. The second kappa shape index (κ2) is 5.82. The van der Waals surface area contributed by atoms with E-state index in [1.54, 1.807) is 0 Å². The zero-order valence-electron chi connectivity index (χ0n) is 12.0. The maximum absolute atomic E-state index is 12.2. The Kier molecular flexibility index (Phi) is 4.11. The molecule has 19 heavy (non-hydrogen) atoms. The summed E-state index contributed by atoms with van der Waals surface area (Å²) in [6, 6.07) is 0.428. The molecular weight excluding hydrogens is 236 g/mol. The number of hydrogen-bond acceptors (Lipinski definition) is 2. The monoisotopic (exact) mass is 264 g/mol. The lowest BCUT2D eigenvalue weighted by Gasteiger charge is -2.48. The van der Waals surface area contributed by atoms with E-state index in [0.29, 0.717) is 23.4 Å². The molecule has 0 aromatic heterocycles. The average molecular weight is 264 g/mol. The molecule has 108 valence electrons. The third-order valence-corrected chi connectivity index (χ3v) is 5.50. The Morgan fingerprint density at radius 1 is 1.11 bits per heavy atom. The minimum atomic E-state index is 0.313. The molecule has 3 nitrogen and oxygen atoms in total. The molecule has 0 aromatic rings. The summed E-state index contributed by atoms with van der Waals surface area (Å²) in [7, 11) is 0. The fourth-order valence-corrected chi connectivity index (χ4v) is 4.21. The molecular formula is C16H28N2O. The molecule has 1 heterocycles. The van der Waals surface area contributed by atoms with E-state index in [2.05, 4.69) is 10.6 Å². The molecule has 1 aliphatic heterocycles. The maximum Gasteiger partial charge on any atom is 0.220 e. The lowest BCUT2D eigenvalue weighted by molar-refractivity contribution is -0.123. The maximum atomic E-state index is 12.2. The lowest BCUT2D eigenvalue weighted by atomic mass is 9.70. The van der Waals surface area contributed by atoms with Gasteiger partial charge in [-0.3, -0.25) is 4.79 Å². The summed E-state index contributed by atoms with van der Waals surface area (Å²) in [6.45, 7) is 1.08. The van der Waals surface area contributed by atoms with E-state index >= 15 is 0 Å². The normalized spacial score (nSPS) is 30.8. The zero-order valence-corrected chi connectivity index (χ0v) is 12.0. The molecule has 3 aliphatic rings. The summed E-state index contributed by atoms with van der Waals surface area (Å²) in [4.78, 5) is 12.2.